The summed E-state index contributed by atoms with van der Waals surface area (Å²) in [6.45, 7) is 0.479. The monoisotopic (exact) mass is 350 g/mol. The molecule has 26 heavy (non-hydrogen) atoms. The molecule has 0 bridgehead atoms. The van der Waals surface area contributed by atoms with Gasteiger partial charge in [-0.3, -0.25) is 14.7 Å². The number of rotatable bonds is 7. The van der Waals surface area contributed by atoms with Crippen molar-refractivity contribution in [3.63, 3.8) is 0 Å². The van der Waals surface area contributed by atoms with E-state index in [1.807, 2.05) is 54.6 Å². The average Bonchev–Trinajstić information content (AvgIpc) is 3.06. The van der Waals surface area contributed by atoms with Gasteiger partial charge in [0.1, 0.15) is 12.4 Å². The van der Waals surface area contributed by atoms with Gasteiger partial charge in [0.25, 0.3) is 5.56 Å². The van der Waals surface area contributed by atoms with Gasteiger partial charge in [-0.15, -0.1) is 0 Å². The molecule has 0 unspecified atom stereocenters. The van der Waals surface area contributed by atoms with Gasteiger partial charge in [0.15, 0.2) is 0 Å². The molecule has 1 heterocycles. The van der Waals surface area contributed by atoms with E-state index in [-0.39, 0.29) is 17.9 Å². The van der Waals surface area contributed by atoms with Crippen molar-refractivity contribution >= 4 is 12.1 Å². The number of hydrogen-bond donors (Lipinski definition) is 3. The summed E-state index contributed by atoms with van der Waals surface area (Å²) >= 11 is 0. The molecule has 0 fully saturated rings. The molecule has 1 amide bonds. The first kappa shape index (κ1) is 17.2. The lowest BCUT2D eigenvalue weighted by atomic mass is 10.2. The summed E-state index contributed by atoms with van der Waals surface area (Å²) in [6.07, 6.45) is 1.57. The van der Waals surface area contributed by atoms with E-state index >= 15 is 0 Å². The minimum absolute atomic E-state index is 0.0380. The second-order valence-corrected chi connectivity index (χ2v) is 5.60. The second-order valence-electron chi connectivity index (χ2n) is 5.60. The van der Waals surface area contributed by atoms with Crippen LogP contribution in [0.5, 0.6) is 5.75 Å². The van der Waals surface area contributed by atoms with Crippen LogP contribution in [0.2, 0.25) is 0 Å². The minimum atomic E-state index is -0.326. The third-order valence-electron chi connectivity index (χ3n) is 3.51. The van der Waals surface area contributed by atoms with Crippen LogP contribution in [0.15, 0.2) is 70.6 Å². The maximum atomic E-state index is 11.8. The van der Waals surface area contributed by atoms with E-state index in [0.29, 0.717) is 18.1 Å². The molecule has 0 radical (unpaired) electrons. The number of H-pyrrole nitrogens is 2. The first-order chi connectivity index (χ1) is 12.7. The highest BCUT2D eigenvalue weighted by Crippen LogP contribution is 2.14. The first-order valence-electron chi connectivity index (χ1n) is 8.04. The Morgan fingerprint density at radius 1 is 1.08 bits per heavy atom. The van der Waals surface area contributed by atoms with Crippen molar-refractivity contribution in [3.05, 3.63) is 87.8 Å². The Morgan fingerprint density at radius 3 is 2.69 bits per heavy atom. The summed E-state index contributed by atoms with van der Waals surface area (Å²) in [5.41, 5.74) is 4.53. The summed E-state index contributed by atoms with van der Waals surface area (Å²) in [4.78, 5) is 22.7. The number of ether oxygens (including phenoxy) is 1. The summed E-state index contributed by atoms with van der Waals surface area (Å²) in [5.74, 6) is 0.391. The van der Waals surface area contributed by atoms with E-state index < -0.39 is 0 Å². The Hall–Kier alpha value is -3.61. The van der Waals surface area contributed by atoms with Crippen molar-refractivity contribution in [3.8, 4) is 5.75 Å². The van der Waals surface area contributed by atoms with Gasteiger partial charge in [0, 0.05) is 11.8 Å². The maximum absolute atomic E-state index is 11.8. The SMILES string of the molecule is O=C(Cc1cc(=O)[nH][nH]1)N/N=C\c1cccc(OCc2ccccc2)c1. The number of aromatic amines is 2. The highest BCUT2D eigenvalue weighted by atomic mass is 16.5. The Bertz CT molecular complexity index is 944. The molecule has 132 valence electrons. The molecular formula is C19H18N4O3. The zero-order chi connectivity index (χ0) is 18.2. The van der Waals surface area contributed by atoms with Crippen molar-refractivity contribution in [1.29, 1.82) is 0 Å². The van der Waals surface area contributed by atoms with Gasteiger partial charge in [-0.1, -0.05) is 42.5 Å². The van der Waals surface area contributed by atoms with E-state index in [1.165, 1.54) is 12.3 Å². The van der Waals surface area contributed by atoms with E-state index in [9.17, 15) is 9.59 Å². The van der Waals surface area contributed by atoms with Crippen LogP contribution in [0.1, 0.15) is 16.8 Å². The fraction of sp³-hybridized carbons (Fsp3) is 0.105. The zero-order valence-electron chi connectivity index (χ0n) is 13.9. The van der Waals surface area contributed by atoms with Gasteiger partial charge in [-0.25, -0.2) is 5.43 Å². The summed E-state index contributed by atoms with van der Waals surface area (Å²) < 4.78 is 5.76. The van der Waals surface area contributed by atoms with Crippen LogP contribution in [0.4, 0.5) is 0 Å². The summed E-state index contributed by atoms with van der Waals surface area (Å²) in [6, 6.07) is 18.6. The molecule has 1 aromatic heterocycles. The number of nitrogens with zero attached hydrogens (tertiary/aromatic N) is 1. The smallest absolute Gasteiger partial charge is 0.264 e. The molecule has 0 spiro atoms. The number of benzene rings is 2. The Kier molecular flexibility index (Phi) is 5.61. The van der Waals surface area contributed by atoms with Crippen LogP contribution in [-0.4, -0.2) is 22.3 Å². The molecule has 2 aromatic carbocycles. The number of carbonyl (C=O) groups is 1. The molecule has 3 rings (SSSR count). The van der Waals surface area contributed by atoms with Crippen LogP contribution >= 0.6 is 0 Å². The van der Waals surface area contributed by atoms with Gasteiger partial charge in [0.05, 0.1) is 12.6 Å². The second kappa shape index (κ2) is 8.48. The minimum Gasteiger partial charge on any atom is -0.489 e. The van der Waals surface area contributed by atoms with Crippen molar-refractivity contribution in [1.82, 2.24) is 15.6 Å². The van der Waals surface area contributed by atoms with E-state index in [2.05, 4.69) is 20.7 Å². The van der Waals surface area contributed by atoms with Crippen molar-refractivity contribution in [2.45, 2.75) is 13.0 Å². The van der Waals surface area contributed by atoms with Gasteiger partial charge in [-0.05, 0) is 23.3 Å². The molecule has 0 saturated carbocycles. The van der Waals surface area contributed by atoms with Gasteiger partial charge < -0.3 is 9.84 Å². The lowest BCUT2D eigenvalue weighted by molar-refractivity contribution is -0.120. The predicted molar refractivity (Wildman–Crippen MR) is 98.1 cm³/mol. The number of amides is 1. The lowest BCUT2D eigenvalue weighted by Crippen LogP contribution is -2.20. The highest BCUT2D eigenvalue weighted by Gasteiger charge is 2.04. The number of hydrazone groups is 1. The third-order valence-corrected chi connectivity index (χ3v) is 3.51. The third kappa shape index (κ3) is 5.20. The van der Waals surface area contributed by atoms with Gasteiger partial charge in [-0.2, -0.15) is 5.10 Å². The fourth-order valence-electron chi connectivity index (χ4n) is 2.28. The molecule has 3 aromatic rings. The molecule has 0 atom stereocenters. The van der Waals surface area contributed by atoms with Gasteiger partial charge in [0.2, 0.25) is 5.91 Å². The molecular weight excluding hydrogens is 332 g/mol. The van der Waals surface area contributed by atoms with Gasteiger partial charge >= 0.3 is 0 Å². The number of carbonyl (C=O) groups excluding carboxylic acids is 1. The van der Waals surface area contributed by atoms with Crippen LogP contribution in [0.25, 0.3) is 0 Å². The van der Waals surface area contributed by atoms with Crippen molar-refractivity contribution in [2.75, 3.05) is 0 Å². The number of hydrogen-bond acceptors (Lipinski definition) is 4. The van der Waals surface area contributed by atoms with E-state index in [0.717, 1.165) is 11.1 Å². The first-order valence-corrected chi connectivity index (χ1v) is 8.04. The fourth-order valence-corrected chi connectivity index (χ4v) is 2.28. The van der Waals surface area contributed by atoms with Crippen LogP contribution < -0.4 is 15.7 Å². The average molecular weight is 350 g/mol. The summed E-state index contributed by atoms with van der Waals surface area (Å²) in [7, 11) is 0. The Morgan fingerprint density at radius 2 is 1.92 bits per heavy atom. The number of nitrogens with one attached hydrogen (secondary N) is 3. The normalized spacial score (nSPS) is 10.8. The maximum Gasteiger partial charge on any atom is 0.264 e. The van der Waals surface area contributed by atoms with Crippen LogP contribution in [0, 0.1) is 0 Å². The molecule has 0 saturated heterocycles. The number of aromatic nitrogens is 2. The zero-order valence-corrected chi connectivity index (χ0v) is 13.9. The lowest BCUT2D eigenvalue weighted by Gasteiger charge is -2.06. The predicted octanol–water partition coefficient (Wildman–Crippen LogP) is 1.97. The molecule has 7 nitrogen and oxygen atoms in total. The molecule has 0 aliphatic heterocycles. The highest BCUT2D eigenvalue weighted by molar-refractivity contribution is 5.83. The van der Waals surface area contributed by atoms with Crippen molar-refractivity contribution < 1.29 is 9.53 Å². The molecule has 3 N–H and O–H groups in total. The molecule has 7 heteroatoms. The Labute approximate surface area is 149 Å². The van der Waals surface area contributed by atoms with Crippen LogP contribution in [0.3, 0.4) is 0 Å². The largest absolute Gasteiger partial charge is 0.489 e. The molecule has 0 aliphatic carbocycles. The van der Waals surface area contributed by atoms with Crippen LogP contribution in [-0.2, 0) is 17.8 Å². The van der Waals surface area contributed by atoms with E-state index in [1.54, 1.807) is 0 Å². The topological polar surface area (TPSA) is 99.3 Å². The quantitative estimate of drug-likeness (QED) is 0.449. The Balaban J connectivity index is 1.52. The van der Waals surface area contributed by atoms with Crippen molar-refractivity contribution in [2.24, 2.45) is 5.10 Å². The standard InChI is InChI=1S/C19H18N4O3/c24-18(10-16-11-19(25)23-21-16)22-20-12-15-7-4-8-17(9-15)26-13-14-5-2-1-3-6-14/h1-9,11-12H,10,13H2,(H,22,24)(H2,21,23,25)/b20-12-. The molecule has 0 aliphatic rings. The van der Waals surface area contributed by atoms with E-state index in [4.69, 9.17) is 4.74 Å². The summed E-state index contributed by atoms with van der Waals surface area (Å²) in [5, 5.41) is 8.91.